The molecule has 1 heterocycles. The topological polar surface area (TPSA) is 90.3 Å². The number of carboxylic acid groups (broad SMARTS) is 1. The van der Waals surface area contributed by atoms with Crippen LogP contribution in [0.2, 0.25) is 0 Å². The normalized spacial score (nSPS) is 9.45. The number of hydrogen-bond donors (Lipinski definition) is 2. The van der Waals surface area contributed by atoms with E-state index in [0.717, 1.165) is 6.20 Å². The van der Waals surface area contributed by atoms with E-state index in [9.17, 15) is 10.0 Å². The summed E-state index contributed by atoms with van der Waals surface area (Å²) >= 11 is 0. The largest absolute Gasteiger partial charge is 0.618 e. The highest BCUT2D eigenvalue weighted by Crippen LogP contribution is 2.03. The molecule has 0 saturated heterocycles. The summed E-state index contributed by atoms with van der Waals surface area (Å²) in [6.45, 7) is 0. The Balaban J connectivity index is 3.32. The molecule has 0 atom stereocenters. The predicted octanol–water partition coefficient (Wildman–Crippen LogP) is -0.400. The van der Waals surface area contributed by atoms with E-state index >= 15 is 0 Å². The molecule has 0 aliphatic rings. The highest BCUT2D eigenvalue weighted by molar-refractivity contribution is 5.89. The maximum absolute atomic E-state index is 10.7. The Morgan fingerprint density at radius 3 is 2.73 bits per heavy atom. The van der Waals surface area contributed by atoms with E-state index in [1.54, 1.807) is 0 Å². The van der Waals surface area contributed by atoms with E-state index in [-0.39, 0.29) is 10.4 Å². The standard InChI is InChI=1S/C6H6N2O3/c7-4-2-1-3-8(11)5(4)6(9)10/h1-3H,7H2,(H,9,10). The summed E-state index contributed by atoms with van der Waals surface area (Å²) in [5.41, 5.74) is 4.75. The number of nitrogens with two attached hydrogens (primary N) is 1. The summed E-state index contributed by atoms with van der Waals surface area (Å²) < 4.78 is 0.220. The number of aromatic nitrogens is 1. The van der Waals surface area contributed by atoms with Crippen LogP contribution in [0.15, 0.2) is 18.3 Å². The first kappa shape index (κ1) is 7.33. The molecule has 5 nitrogen and oxygen atoms in total. The van der Waals surface area contributed by atoms with E-state index in [2.05, 4.69) is 0 Å². The minimum absolute atomic E-state index is 0.0324. The lowest BCUT2D eigenvalue weighted by molar-refractivity contribution is -0.607. The number of nitrogens with zero attached hydrogens (tertiary/aromatic N) is 1. The second-order valence-corrected chi connectivity index (χ2v) is 1.94. The second-order valence-electron chi connectivity index (χ2n) is 1.94. The minimum atomic E-state index is -1.32. The van der Waals surface area contributed by atoms with Crippen LogP contribution in [0.1, 0.15) is 10.5 Å². The minimum Gasteiger partial charge on any atom is -0.618 e. The zero-order valence-corrected chi connectivity index (χ0v) is 5.52. The molecule has 0 fully saturated rings. The fourth-order valence-electron chi connectivity index (χ4n) is 0.723. The third-order valence-electron chi connectivity index (χ3n) is 1.19. The van der Waals surface area contributed by atoms with Crippen molar-refractivity contribution in [1.82, 2.24) is 0 Å². The molecule has 0 saturated carbocycles. The van der Waals surface area contributed by atoms with E-state index in [1.807, 2.05) is 0 Å². The average molecular weight is 154 g/mol. The molecule has 0 radical (unpaired) electrons. The molecule has 1 aromatic rings. The number of pyridine rings is 1. The molecule has 0 amide bonds. The number of nitrogen functional groups attached to an aromatic ring is 1. The summed E-state index contributed by atoms with van der Waals surface area (Å²) in [4.78, 5) is 10.3. The van der Waals surface area contributed by atoms with Gasteiger partial charge in [0.1, 0.15) is 5.69 Å². The smallest absolute Gasteiger partial charge is 0.404 e. The molecule has 1 rings (SSSR count). The molecule has 0 bridgehead atoms. The van der Waals surface area contributed by atoms with Crippen LogP contribution in [0.25, 0.3) is 0 Å². The van der Waals surface area contributed by atoms with Crippen LogP contribution in [0, 0.1) is 5.21 Å². The van der Waals surface area contributed by atoms with Gasteiger partial charge in [-0.25, -0.2) is 4.79 Å². The zero-order valence-electron chi connectivity index (χ0n) is 5.52. The molecule has 0 aliphatic heterocycles. The van der Waals surface area contributed by atoms with Crippen LogP contribution in [0.4, 0.5) is 5.69 Å². The monoisotopic (exact) mass is 154 g/mol. The van der Waals surface area contributed by atoms with E-state index in [0.29, 0.717) is 0 Å². The van der Waals surface area contributed by atoms with Crippen molar-refractivity contribution in [3.8, 4) is 0 Å². The van der Waals surface area contributed by atoms with Crippen LogP contribution in [0.3, 0.4) is 0 Å². The summed E-state index contributed by atoms with van der Waals surface area (Å²) in [6.07, 6.45) is 1.08. The van der Waals surface area contributed by atoms with Gasteiger partial charge in [0.2, 0.25) is 0 Å². The van der Waals surface area contributed by atoms with Crippen LogP contribution >= 0.6 is 0 Å². The molecule has 58 valence electrons. The van der Waals surface area contributed by atoms with E-state index in [1.165, 1.54) is 12.1 Å². The SMILES string of the molecule is Nc1ccc[n+]([O-])c1C(=O)O. The fraction of sp³-hybridized carbons (Fsp3) is 0. The lowest BCUT2D eigenvalue weighted by Crippen LogP contribution is -2.35. The number of hydrogen-bond acceptors (Lipinski definition) is 3. The van der Waals surface area contributed by atoms with Gasteiger partial charge in [-0.1, -0.05) is 0 Å². The van der Waals surface area contributed by atoms with Crippen molar-refractivity contribution in [3.63, 3.8) is 0 Å². The van der Waals surface area contributed by atoms with Gasteiger partial charge in [-0.05, 0) is 6.07 Å². The summed E-state index contributed by atoms with van der Waals surface area (Å²) in [5.74, 6) is -1.32. The third-order valence-corrected chi connectivity index (χ3v) is 1.19. The molecular formula is C6H6N2O3. The zero-order chi connectivity index (χ0) is 8.43. The molecular weight excluding hydrogens is 148 g/mol. The number of anilines is 1. The Morgan fingerprint density at radius 2 is 2.36 bits per heavy atom. The number of rotatable bonds is 1. The van der Waals surface area contributed by atoms with Crippen molar-refractivity contribution in [2.75, 3.05) is 5.73 Å². The summed E-state index contributed by atoms with van der Waals surface area (Å²) in [5, 5.41) is 19.2. The molecule has 0 aromatic carbocycles. The van der Waals surface area contributed by atoms with Gasteiger partial charge in [0.05, 0.1) is 0 Å². The first-order valence-corrected chi connectivity index (χ1v) is 2.84. The maximum atomic E-state index is 10.7. The van der Waals surface area contributed by atoms with Gasteiger partial charge in [-0.2, -0.15) is 4.73 Å². The van der Waals surface area contributed by atoms with Gasteiger partial charge in [-0.3, -0.25) is 0 Å². The van der Waals surface area contributed by atoms with Crippen molar-refractivity contribution in [1.29, 1.82) is 0 Å². The lowest BCUT2D eigenvalue weighted by atomic mass is 10.3. The number of carboxylic acids is 1. The maximum Gasteiger partial charge on any atom is 0.404 e. The van der Waals surface area contributed by atoms with E-state index in [4.69, 9.17) is 10.8 Å². The Hall–Kier alpha value is -1.78. The molecule has 0 unspecified atom stereocenters. The summed E-state index contributed by atoms with van der Waals surface area (Å²) in [7, 11) is 0. The molecule has 0 spiro atoms. The van der Waals surface area contributed by atoms with Crippen LogP contribution < -0.4 is 10.5 Å². The van der Waals surface area contributed by atoms with Gasteiger partial charge in [0.15, 0.2) is 6.20 Å². The quantitative estimate of drug-likeness (QED) is 0.425. The van der Waals surface area contributed by atoms with Crippen molar-refractivity contribution < 1.29 is 14.6 Å². The van der Waals surface area contributed by atoms with E-state index < -0.39 is 11.7 Å². The van der Waals surface area contributed by atoms with Gasteiger partial charge in [0.25, 0.3) is 0 Å². The second kappa shape index (κ2) is 2.45. The highest BCUT2D eigenvalue weighted by Gasteiger charge is 2.17. The van der Waals surface area contributed by atoms with Crippen molar-refractivity contribution in [2.45, 2.75) is 0 Å². The first-order valence-electron chi connectivity index (χ1n) is 2.84. The molecule has 5 heteroatoms. The molecule has 1 aromatic heterocycles. The predicted molar refractivity (Wildman–Crippen MR) is 36.8 cm³/mol. The summed E-state index contributed by atoms with van der Waals surface area (Å²) in [6, 6.07) is 2.74. The van der Waals surface area contributed by atoms with Crippen molar-refractivity contribution in [2.24, 2.45) is 0 Å². The number of aromatic carboxylic acids is 1. The highest BCUT2D eigenvalue weighted by atomic mass is 16.5. The molecule has 3 N–H and O–H groups in total. The number of carbonyl (C=O) groups is 1. The molecule has 0 aliphatic carbocycles. The van der Waals surface area contributed by atoms with Gasteiger partial charge in [0, 0.05) is 6.07 Å². The Kier molecular flexibility index (Phi) is 1.63. The van der Waals surface area contributed by atoms with Gasteiger partial charge in [-0.15, -0.1) is 0 Å². The Labute approximate surface area is 62.3 Å². The fourth-order valence-corrected chi connectivity index (χ4v) is 0.723. The van der Waals surface area contributed by atoms with Crippen LogP contribution in [-0.2, 0) is 0 Å². The van der Waals surface area contributed by atoms with Crippen LogP contribution in [-0.4, -0.2) is 11.1 Å². The van der Waals surface area contributed by atoms with Gasteiger partial charge < -0.3 is 16.0 Å². The van der Waals surface area contributed by atoms with Crippen molar-refractivity contribution in [3.05, 3.63) is 29.2 Å². The van der Waals surface area contributed by atoms with Crippen molar-refractivity contribution >= 4 is 11.7 Å². The average Bonchev–Trinajstić information content (AvgIpc) is 1.85. The Morgan fingerprint density at radius 1 is 1.73 bits per heavy atom. The third kappa shape index (κ3) is 1.21. The van der Waals surface area contributed by atoms with Crippen LogP contribution in [0.5, 0.6) is 0 Å². The molecule has 11 heavy (non-hydrogen) atoms. The first-order chi connectivity index (χ1) is 5.13. The Bertz CT molecular complexity index is 278. The van der Waals surface area contributed by atoms with Gasteiger partial charge >= 0.3 is 11.7 Å². The lowest BCUT2D eigenvalue weighted by Gasteiger charge is -2.00.